The number of hydrogen-bond donors (Lipinski definition) is 3. The monoisotopic (exact) mass is 312 g/mol. The van der Waals surface area contributed by atoms with E-state index in [-0.39, 0.29) is 17.1 Å². The summed E-state index contributed by atoms with van der Waals surface area (Å²) < 4.78 is 0. The first kappa shape index (κ1) is 18.6. The normalized spacial score (nSPS) is 26.2. The molecule has 113 valence electrons. The van der Waals surface area contributed by atoms with Gasteiger partial charge in [-0.1, -0.05) is 18.2 Å². The van der Waals surface area contributed by atoms with Crippen molar-refractivity contribution in [1.29, 1.82) is 0 Å². The summed E-state index contributed by atoms with van der Waals surface area (Å²) in [6, 6.07) is 1.67. The number of hydrogen-bond acceptors (Lipinski definition) is 3. The van der Waals surface area contributed by atoms with E-state index in [0.717, 1.165) is 19.6 Å². The third kappa shape index (κ3) is 7.71. The number of nitrogens with one attached hydrogen (secondary N) is 3. The molecule has 1 fully saturated rings. The molecular formula is C15H27CuN3. The summed E-state index contributed by atoms with van der Waals surface area (Å²) in [6.07, 6.45) is 9.29. The minimum Gasteiger partial charge on any atom is -0.310 e. The molecule has 0 atom stereocenters. The van der Waals surface area contributed by atoms with Crippen LogP contribution in [0.3, 0.4) is 0 Å². The summed E-state index contributed by atoms with van der Waals surface area (Å²) >= 11 is 0. The summed E-state index contributed by atoms with van der Waals surface area (Å²) in [4.78, 5) is 0. The van der Waals surface area contributed by atoms with Crippen LogP contribution in [-0.4, -0.2) is 37.8 Å². The van der Waals surface area contributed by atoms with Crippen LogP contribution in [0.4, 0.5) is 0 Å². The summed E-state index contributed by atoms with van der Waals surface area (Å²) in [6.45, 7) is 13.9. The van der Waals surface area contributed by atoms with Crippen LogP contribution < -0.4 is 16.0 Å². The Bertz CT molecular complexity index is 219. The van der Waals surface area contributed by atoms with E-state index in [2.05, 4.69) is 35.7 Å². The Hall–Kier alpha value is -0.381. The van der Waals surface area contributed by atoms with E-state index in [9.17, 15) is 0 Å². The molecule has 1 rings (SSSR count). The molecule has 3 nitrogen and oxygen atoms in total. The Morgan fingerprint density at radius 3 is 1.16 bits per heavy atom. The second kappa shape index (κ2) is 11.4. The van der Waals surface area contributed by atoms with Crippen molar-refractivity contribution in [2.45, 2.75) is 37.4 Å². The summed E-state index contributed by atoms with van der Waals surface area (Å²) in [5.74, 6) is 0. The Balaban J connectivity index is 0.00000324. The van der Waals surface area contributed by atoms with Crippen LogP contribution in [-0.2, 0) is 17.1 Å². The van der Waals surface area contributed by atoms with Crippen molar-refractivity contribution >= 4 is 0 Å². The Kier molecular flexibility index (Phi) is 11.2. The van der Waals surface area contributed by atoms with E-state index in [1.165, 1.54) is 19.3 Å². The molecule has 0 aromatic carbocycles. The minimum atomic E-state index is 0. The molecule has 4 heteroatoms. The molecule has 1 aliphatic rings. The zero-order valence-corrected chi connectivity index (χ0v) is 12.6. The fourth-order valence-electron chi connectivity index (χ4n) is 2.57. The van der Waals surface area contributed by atoms with Crippen molar-refractivity contribution in [3.05, 3.63) is 38.0 Å². The van der Waals surface area contributed by atoms with Gasteiger partial charge in [-0.2, -0.15) is 0 Å². The van der Waals surface area contributed by atoms with Gasteiger partial charge in [0.15, 0.2) is 0 Å². The van der Waals surface area contributed by atoms with Gasteiger partial charge in [0.1, 0.15) is 0 Å². The van der Waals surface area contributed by atoms with Gasteiger partial charge in [-0.3, -0.25) is 0 Å². The standard InChI is InChI=1S/C15H27N3.Cu/c1-4-7-16-13-10-14(17-8-5-2)12-15(11-13)18-9-6-3;/h4-6,13-18H,1-3,7-12H2;. The van der Waals surface area contributed by atoms with Gasteiger partial charge >= 0.3 is 0 Å². The van der Waals surface area contributed by atoms with Crippen LogP contribution in [0.5, 0.6) is 0 Å². The van der Waals surface area contributed by atoms with E-state index >= 15 is 0 Å². The van der Waals surface area contributed by atoms with Crippen molar-refractivity contribution in [2.24, 2.45) is 0 Å². The second-order valence-corrected chi connectivity index (χ2v) is 4.89. The molecule has 0 spiro atoms. The second-order valence-electron chi connectivity index (χ2n) is 4.89. The third-order valence-corrected chi connectivity index (χ3v) is 3.36. The molecule has 1 saturated carbocycles. The Morgan fingerprint density at radius 2 is 0.947 bits per heavy atom. The SMILES string of the molecule is C=CCNC1CC(NCC=C)CC(NCC=C)C1.[Cu]. The van der Waals surface area contributed by atoms with Gasteiger partial charge < -0.3 is 16.0 Å². The summed E-state index contributed by atoms with van der Waals surface area (Å²) in [5, 5.41) is 10.6. The predicted octanol–water partition coefficient (Wildman–Crippen LogP) is 1.60. The molecule has 0 heterocycles. The average Bonchev–Trinajstić information content (AvgIpc) is 2.40. The third-order valence-electron chi connectivity index (χ3n) is 3.36. The minimum absolute atomic E-state index is 0. The van der Waals surface area contributed by atoms with Crippen molar-refractivity contribution in [1.82, 2.24) is 16.0 Å². The zero-order valence-electron chi connectivity index (χ0n) is 11.6. The van der Waals surface area contributed by atoms with Crippen LogP contribution in [0.2, 0.25) is 0 Å². The first-order chi connectivity index (χ1) is 8.80. The van der Waals surface area contributed by atoms with Crippen molar-refractivity contribution in [2.75, 3.05) is 19.6 Å². The Labute approximate surface area is 128 Å². The van der Waals surface area contributed by atoms with Gasteiger partial charge in [0.05, 0.1) is 0 Å². The molecule has 1 aliphatic carbocycles. The van der Waals surface area contributed by atoms with Crippen molar-refractivity contribution in [3.63, 3.8) is 0 Å². The van der Waals surface area contributed by atoms with Crippen LogP contribution in [0.15, 0.2) is 38.0 Å². The van der Waals surface area contributed by atoms with Gasteiger partial charge in [0.2, 0.25) is 0 Å². The van der Waals surface area contributed by atoms with Crippen LogP contribution >= 0.6 is 0 Å². The molecule has 0 saturated heterocycles. The molecule has 0 aromatic rings. The van der Waals surface area contributed by atoms with E-state index in [4.69, 9.17) is 0 Å². The molecule has 19 heavy (non-hydrogen) atoms. The average molecular weight is 313 g/mol. The van der Waals surface area contributed by atoms with Gasteiger partial charge in [-0.05, 0) is 19.3 Å². The van der Waals surface area contributed by atoms with E-state index < -0.39 is 0 Å². The predicted molar refractivity (Wildman–Crippen MR) is 79.8 cm³/mol. The largest absolute Gasteiger partial charge is 0.310 e. The summed E-state index contributed by atoms with van der Waals surface area (Å²) in [7, 11) is 0. The van der Waals surface area contributed by atoms with E-state index in [1.54, 1.807) is 0 Å². The number of rotatable bonds is 9. The smallest absolute Gasteiger partial charge is 0.0134 e. The van der Waals surface area contributed by atoms with Crippen molar-refractivity contribution in [3.8, 4) is 0 Å². The topological polar surface area (TPSA) is 36.1 Å². The molecule has 1 radical (unpaired) electrons. The van der Waals surface area contributed by atoms with Crippen LogP contribution in [0.1, 0.15) is 19.3 Å². The van der Waals surface area contributed by atoms with Crippen LogP contribution in [0.25, 0.3) is 0 Å². The first-order valence-corrected chi connectivity index (χ1v) is 6.83. The maximum absolute atomic E-state index is 3.76. The van der Waals surface area contributed by atoms with Gasteiger partial charge in [0, 0.05) is 54.8 Å². The van der Waals surface area contributed by atoms with E-state index in [0.29, 0.717) is 18.1 Å². The molecule has 0 amide bonds. The van der Waals surface area contributed by atoms with E-state index in [1.807, 2.05) is 18.2 Å². The van der Waals surface area contributed by atoms with Crippen LogP contribution in [0, 0.1) is 0 Å². The molecule has 3 N–H and O–H groups in total. The van der Waals surface area contributed by atoms with Gasteiger partial charge in [0.25, 0.3) is 0 Å². The molecule has 0 bridgehead atoms. The van der Waals surface area contributed by atoms with Crippen molar-refractivity contribution < 1.29 is 17.1 Å². The summed E-state index contributed by atoms with van der Waals surface area (Å²) in [5.41, 5.74) is 0. The first-order valence-electron chi connectivity index (χ1n) is 6.83. The molecular weight excluding hydrogens is 286 g/mol. The molecule has 0 aromatic heterocycles. The maximum Gasteiger partial charge on any atom is 0.0134 e. The van der Waals surface area contributed by atoms with Gasteiger partial charge in [-0.25, -0.2) is 0 Å². The zero-order chi connectivity index (χ0) is 13.2. The maximum atomic E-state index is 3.76. The fraction of sp³-hybridized carbons (Fsp3) is 0.600. The quantitative estimate of drug-likeness (QED) is 0.447. The molecule has 0 unspecified atom stereocenters. The molecule has 0 aliphatic heterocycles. The fourth-order valence-corrected chi connectivity index (χ4v) is 2.57. The van der Waals surface area contributed by atoms with Gasteiger partial charge in [-0.15, -0.1) is 19.7 Å². The Morgan fingerprint density at radius 1 is 0.684 bits per heavy atom.